The van der Waals surface area contributed by atoms with E-state index in [-0.39, 0.29) is 32.3 Å². The average molecular weight is 345 g/mol. The Hall–Kier alpha value is -0.112. The Morgan fingerprint density at radius 1 is 1.55 bits per heavy atom. The van der Waals surface area contributed by atoms with Gasteiger partial charge in [0, 0.05) is 26.8 Å². The first-order valence-corrected chi connectivity index (χ1v) is 2.89. The second kappa shape index (κ2) is 5.53. The van der Waals surface area contributed by atoms with Crippen LogP contribution in [0, 0.1) is 6.92 Å². The van der Waals surface area contributed by atoms with Crippen molar-refractivity contribution in [2.45, 2.75) is 6.92 Å². The summed E-state index contributed by atoms with van der Waals surface area (Å²) in [4.78, 5) is 3.81. The maximum Gasteiger partial charge on any atom is 0.152 e. The smallest absolute Gasteiger partial charge is 0.152 e. The molecule has 5 heteroatoms. The SMILES string of the molecule is Cc1cc(Cl)c(O)cn1.O.[W]. The zero-order valence-electron chi connectivity index (χ0n) is 5.84. The molecule has 0 aliphatic rings. The van der Waals surface area contributed by atoms with Crippen molar-refractivity contribution in [3.8, 4) is 5.75 Å². The van der Waals surface area contributed by atoms with Gasteiger partial charge in [0.2, 0.25) is 0 Å². The Bertz CT molecular complexity index is 232. The molecule has 1 rings (SSSR count). The van der Waals surface area contributed by atoms with Gasteiger partial charge in [-0.2, -0.15) is 0 Å². The van der Waals surface area contributed by atoms with Gasteiger partial charge in [-0.3, -0.25) is 4.98 Å². The largest absolute Gasteiger partial charge is 0.505 e. The molecule has 1 aromatic heterocycles. The molecule has 0 aromatic carbocycles. The summed E-state index contributed by atoms with van der Waals surface area (Å²) in [7, 11) is 0. The van der Waals surface area contributed by atoms with Crippen molar-refractivity contribution in [2.75, 3.05) is 0 Å². The van der Waals surface area contributed by atoms with Gasteiger partial charge < -0.3 is 10.6 Å². The van der Waals surface area contributed by atoms with E-state index in [4.69, 9.17) is 16.7 Å². The maximum atomic E-state index is 8.85. The second-order valence-corrected chi connectivity index (χ2v) is 2.18. The van der Waals surface area contributed by atoms with Gasteiger partial charge in [0.25, 0.3) is 0 Å². The van der Waals surface area contributed by atoms with Crippen LogP contribution in [0.15, 0.2) is 12.3 Å². The minimum absolute atomic E-state index is 0. The van der Waals surface area contributed by atoms with E-state index in [1.54, 1.807) is 6.07 Å². The molecule has 11 heavy (non-hydrogen) atoms. The topological polar surface area (TPSA) is 64.6 Å². The summed E-state index contributed by atoms with van der Waals surface area (Å²) in [5, 5.41) is 9.20. The molecule has 3 N–H and O–H groups in total. The zero-order chi connectivity index (χ0) is 6.85. The van der Waals surface area contributed by atoms with Gasteiger partial charge in [-0.1, -0.05) is 11.6 Å². The third-order valence-electron chi connectivity index (χ3n) is 0.971. The third kappa shape index (κ3) is 3.70. The molecule has 0 amide bonds. The Kier molecular flexibility index (Phi) is 6.77. The third-order valence-corrected chi connectivity index (χ3v) is 1.27. The Morgan fingerprint density at radius 2 is 2.09 bits per heavy atom. The quantitative estimate of drug-likeness (QED) is 0.760. The first-order valence-electron chi connectivity index (χ1n) is 2.51. The van der Waals surface area contributed by atoms with E-state index in [9.17, 15) is 0 Å². The second-order valence-electron chi connectivity index (χ2n) is 1.78. The van der Waals surface area contributed by atoms with Crippen LogP contribution >= 0.6 is 11.6 Å². The minimum Gasteiger partial charge on any atom is -0.505 e. The Balaban J connectivity index is 0. The number of pyridine rings is 1. The first kappa shape index (κ1) is 13.5. The Morgan fingerprint density at radius 3 is 2.45 bits per heavy atom. The molecule has 0 atom stereocenters. The molecule has 0 spiro atoms. The van der Waals surface area contributed by atoms with Gasteiger partial charge in [0.1, 0.15) is 0 Å². The predicted molar refractivity (Wildman–Crippen MR) is 39.3 cm³/mol. The van der Waals surface area contributed by atoms with E-state index in [0.29, 0.717) is 5.02 Å². The van der Waals surface area contributed by atoms with Crippen molar-refractivity contribution in [1.82, 2.24) is 4.98 Å². The monoisotopic (exact) mass is 345 g/mol. The fourth-order valence-corrected chi connectivity index (χ4v) is 0.726. The maximum absolute atomic E-state index is 8.85. The molecule has 0 bridgehead atoms. The van der Waals surface area contributed by atoms with Crippen molar-refractivity contribution in [1.29, 1.82) is 0 Å². The number of nitrogens with zero attached hydrogens (tertiary/aromatic N) is 1. The number of halogens is 1. The number of hydrogen-bond acceptors (Lipinski definition) is 2. The molecule has 0 radical (unpaired) electrons. The minimum atomic E-state index is 0. The van der Waals surface area contributed by atoms with E-state index in [1.165, 1.54) is 6.20 Å². The van der Waals surface area contributed by atoms with E-state index in [0.717, 1.165) is 5.69 Å². The molecule has 1 heterocycles. The summed E-state index contributed by atoms with van der Waals surface area (Å²) in [6.45, 7) is 1.81. The van der Waals surface area contributed by atoms with E-state index in [2.05, 4.69) is 4.98 Å². The summed E-state index contributed by atoms with van der Waals surface area (Å²) in [6, 6.07) is 1.61. The summed E-state index contributed by atoms with van der Waals surface area (Å²) in [5.74, 6) is 0.0299. The molecular formula is C6H8ClNO2W. The first-order chi connectivity index (χ1) is 4.20. The van der Waals surface area contributed by atoms with E-state index < -0.39 is 0 Å². The molecule has 0 fully saturated rings. The average Bonchev–Trinajstić information content (AvgIpc) is 1.80. The number of rotatable bonds is 0. The molecule has 3 nitrogen and oxygen atoms in total. The van der Waals surface area contributed by atoms with Crippen LogP contribution < -0.4 is 0 Å². The standard InChI is InChI=1S/C6H6ClNO.H2O.W/c1-4-2-5(7)6(9)3-8-4;;/h2-3,9H,1H3;1H2;. The van der Waals surface area contributed by atoms with Gasteiger partial charge in [0.15, 0.2) is 5.75 Å². The van der Waals surface area contributed by atoms with Crippen LogP contribution in [0.1, 0.15) is 5.69 Å². The van der Waals surface area contributed by atoms with E-state index in [1.807, 2.05) is 6.92 Å². The van der Waals surface area contributed by atoms with Gasteiger partial charge in [-0.05, 0) is 13.0 Å². The predicted octanol–water partition coefficient (Wildman–Crippen LogP) is 0.922. The molecule has 0 aliphatic carbocycles. The number of aromatic hydroxyl groups is 1. The van der Waals surface area contributed by atoms with Gasteiger partial charge >= 0.3 is 0 Å². The van der Waals surface area contributed by atoms with Crippen LogP contribution in [0.25, 0.3) is 0 Å². The van der Waals surface area contributed by atoms with E-state index >= 15 is 0 Å². The van der Waals surface area contributed by atoms with Crippen molar-refractivity contribution >= 4 is 11.6 Å². The van der Waals surface area contributed by atoms with Crippen LogP contribution in [-0.4, -0.2) is 15.6 Å². The fourth-order valence-electron chi connectivity index (χ4n) is 0.519. The van der Waals surface area contributed by atoms with Crippen LogP contribution in [0.3, 0.4) is 0 Å². The molecule has 0 aliphatic heterocycles. The molecule has 62 valence electrons. The summed E-state index contributed by atoms with van der Waals surface area (Å²) in [5.41, 5.74) is 0.804. The summed E-state index contributed by atoms with van der Waals surface area (Å²) < 4.78 is 0. The summed E-state index contributed by atoms with van der Waals surface area (Å²) >= 11 is 5.52. The number of hydrogen-bond donors (Lipinski definition) is 1. The van der Waals surface area contributed by atoms with Gasteiger partial charge in [0.05, 0.1) is 11.2 Å². The number of aromatic nitrogens is 1. The van der Waals surface area contributed by atoms with Crippen LogP contribution in [0.4, 0.5) is 0 Å². The van der Waals surface area contributed by atoms with Crippen LogP contribution in [-0.2, 0) is 21.1 Å². The van der Waals surface area contributed by atoms with Crippen molar-refractivity contribution in [3.63, 3.8) is 0 Å². The molecule has 0 unspecified atom stereocenters. The molecule has 0 saturated heterocycles. The van der Waals surface area contributed by atoms with Crippen LogP contribution in [0.2, 0.25) is 5.02 Å². The van der Waals surface area contributed by atoms with Crippen LogP contribution in [0.5, 0.6) is 5.75 Å². The van der Waals surface area contributed by atoms with Crippen molar-refractivity contribution in [3.05, 3.63) is 23.0 Å². The normalized spacial score (nSPS) is 7.82. The molecule has 0 saturated carbocycles. The zero-order valence-corrected chi connectivity index (χ0v) is 9.52. The van der Waals surface area contributed by atoms with Crippen molar-refractivity contribution in [2.24, 2.45) is 0 Å². The fraction of sp³-hybridized carbons (Fsp3) is 0.167. The summed E-state index contributed by atoms with van der Waals surface area (Å²) in [6.07, 6.45) is 1.33. The van der Waals surface area contributed by atoms with Crippen molar-refractivity contribution < 1.29 is 31.6 Å². The van der Waals surface area contributed by atoms with Gasteiger partial charge in [-0.15, -0.1) is 0 Å². The molecular weight excluding hydrogens is 337 g/mol. The Labute approximate surface area is 84.0 Å². The number of aryl methyl sites for hydroxylation is 1. The molecule has 1 aromatic rings. The van der Waals surface area contributed by atoms with Gasteiger partial charge in [-0.25, -0.2) is 0 Å².